The zero-order valence-corrected chi connectivity index (χ0v) is 17.9. The molecule has 0 saturated heterocycles. The summed E-state index contributed by atoms with van der Waals surface area (Å²) < 4.78 is 37.1. The number of rotatable bonds is 8. The fourth-order valence-corrected chi connectivity index (χ4v) is 4.11. The number of hydrogen-bond acceptors (Lipinski definition) is 5. The molecule has 1 heterocycles. The number of ether oxygens (including phenoxy) is 1. The van der Waals surface area contributed by atoms with Crippen molar-refractivity contribution in [2.75, 3.05) is 21.2 Å². The van der Waals surface area contributed by atoms with Gasteiger partial charge in [-0.05, 0) is 54.1 Å². The molecule has 0 atom stereocenters. The van der Waals surface area contributed by atoms with E-state index in [1.54, 1.807) is 60.7 Å². The Balaban J connectivity index is 1.66. The van der Waals surface area contributed by atoms with Crippen LogP contribution in [0.4, 0.5) is 0 Å². The highest BCUT2D eigenvalue weighted by Crippen LogP contribution is 2.20. The molecule has 0 saturated carbocycles. The van der Waals surface area contributed by atoms with E-state index in [4.69, 9.17) is 9.15 Å². The normalized spacial score (nSPS) is 11.5. The van der Waals surface area contributed by atoms with Crippen LogP contribution < -0.4 is 4.74 Å². The van der Waals surface area contributed by atoms with Crippen LogP contribution >= 0.6 is 0 Å². The van der Waals surface area contributed by atoms with E-state index in [0.29, 0.717) is 23.6 Å². The van der Waals surface area contributed by atoms with E-state index in [9.17, 15) is 13.2 Å². The van der Waals surface area contributed by atoms with Gasteiger partial charge >= 0.3 is 0 Å². The highest BCUT2D eigenvalue weighted by Gasteiger charge is 2.21. The van der Waals surface area contributed by atoms with Gasteiger partial charge in [-0.25, -0.2) is 8.42 Å². The molecule has 158 valence electrons. The van der Waals surface area contributed by atoms with Crippen molar-refractivity contribution >= 4 is 15.9 Å². The van der Waals surface area contributed by atoms with Crippen LogP contribution in [0.3, 0.4) is 0 Å². The van der Waals surface area contributed by atoms with Crippen LogP contribution in [0.5, 0.6) is 5.75 Å². The van der Waals surface area contributed by atoms with Gasteiger partial charge in [-0.2, -0.15) is 4.31 Å². The minimum absolute atomic E-state index is 0.142. The molecule has 1 amide bonds. The highest BCUT2D eigenvalue weighted by molar-refractivity contribution is 7.89. The first-order valence-electron chi connectivity index (χ1n) is 9.28. The zero-order valence-electron chi connectivity index (χ0n) is 17.1. The van der Waals surface area contributed by atoms with Crippen LogP contribution in [-0.2, 0) is 23.1 Å². The molecule has 30 heavy (non-hydrogen) atoms. The Morgan fingerprint density at radius 2 is 1.63 bits per heavy atom. The first-order valence-corrected chi connectivity index (χ1v) is 10.7. The van der Waals surface area contributed by atoms with Crippen molar-refractivity contribution in [1.29, 1.82) is 0 Å². The fourth-order valence-electron chi connectivity index (χ4n) is 2.95. The summed E-state index contributed by atoms with van der Waals surface area (Å²) in [5.74, 6) is 1.15. The van der Waals surface area contributed by atoms with Crippen LogP contribution in [0.15, 0.2) is 76.2 Å². The molecule has 1 aromatic heterocycles. The SMILES string of the molecule is COc1ccc(S(=O)(=O)N(C)Cc2ccc(C(=O)N(C)Cc3ccco3)cc2)cc1. The fraction of sp³-hybridized carbons (Fsp3) is 0.227. The van der Waals surface area contributed by atoms with E-state index >= 15 is 0 Å². The van der Waals surface area contributed by atoms with E-state index < -0.39 is 10.0 Å². The minimum Gasteiger partial charge on any atom is -0.497 e. The van der Waals surface area contributed by atoms with Gasteiger partial charge in [0.15, 0.2) is 0 Å². The molecule has 7 nitrogen and oxygen atoms in total. The lowest BCUT2D eigenvalue weighted by Gasteiger charge is -2.18. The Labute approximate surface area is 176 Å². The van der Waals surface area contributed by atoms with Crippen molar-refractivity contribution in [3.8, 4) is 5.75 Å². The monoisotopic (exact) mass is 428 g/mol. The summed E-state index contributed by atoms with van der Waals surface area (Å²) in [7, 11) is 1.11. The highest BCUT2D eigenvalue weighted by atomic mass is 32.2. The Morgan fingerprint density at radius 1 is 0.967 bits per heavy atom. The Morgan fingerprint density at radius 3 is 2.20 bits per heavy atom. The number of carbonyl (C=O) groups is 1. The molecule has 0 aliphatic carbocycles. The molecule has 0 spiro atoms. The maximum atomic E-state index is 12.8. The summed E-state index contributed by atoms with van der Waals surface area (Å²) in [5, 5.41) is 0. The van der Waals surface area contributed by atoms with Gasteiger partial charge in [-0.1, -0.05) is 12.1 Å². The number of nitrogens with zero attached hydrogens (tertiary/aromatic N) is 2. The lowest BCUT2D eigenvalue weighted by atomic mass is 10.1. The molecular formula is C22H24N2O5S. The van der Waals surface area contributed by atoms with Crippen molar-refractivity contribution in [3.05, 3.63) is 83.8 Å². The van der Waals surface area contributed by atoms with Crippen molar-refractivity contribution < 1.29 is 22.4 Å². The average molecular weight is 429 g/mol. The van der Waals surface area contributed by atoms with Crippen LogP contribution in [0, 0.1) is 0 Å². The number of sulfonamides is 1. The van der Waals surface area contributed by atoms with Gasteiger partial charge in [0.1, 0.15) is 11.5 Å². The second-order valence-electron chi connectivity index (χ2n) is 6.87. The van der Waals surface area contributed by atoms with Gasteiger partial charge in [0.2, 0.25) is 10.0 Å². The number of carbonyl (C=O) groups excluding carboxylic acids is 1. The van der Waals surface area contributed by atoms with Crippen molar-refractivity contribution in [1.82, 2.24) is 9.21 Å². The number of amides is 1. The molecule has 0 aliphatic rings. The Bertz CT molecular complexity index is 1080. The van der Waals surface area contributed by atoms with E-state index in [2.05, 4.69) is 0 Å². The second kappa shape index (κ2) is 9.15. The lowest BCUT2D eigenvalue weighted by Crippen LogP contribution is -2.27. The zero-order chi connectivity index (χ0) is 21.7. The molecule has 2 aromatic carbocycles. The molecule has 8 heteroatoms. The molecule has 0 aliphatic heterocycles. The van der Waals surface area contributed by atoms with E-state index in [0.717, 1.165) is 5.56 Å². The molecule has 0 unspecified atom stereocenters. The number of hydrogen-bond donors (Lipinski definition) is 0. The Hall–Kier alpha value is -3.10. The summed E-state index contributed by atoms with van der Waals surface area (Å²) in [6, 6.07) is 16.8. The van der Waals surface area contributed by atoms with E-state index in [1.807, 2.05) is 6.07 Å². The average Bonchev–Trinajstić information content (AvgIpc) is 3.26. The van der Waals surface area contributed by atoms with Crippen LogP contribution in [0.1, 0.15) is 21.7 Å². The third-order valence-corrected chi connectivity index (χ3v) is 6.51. The largest absolute Gasteiger partial charge is 0.497 e. The van der Waals surface area contributed by atoms with Gasteiger partial charge in [0.25, 0.3) is 5.91 Å². The summed E-state index contributed by atoms with van der Waals surface area (Å²) in [6.45, 7) is 0.557. The lowest BCUT2D eigenvalue weighted by molar-refractivity contribution is 0.0775. The maximum absolute atomic E-state index is 12.8. The van der Waals surface area contributed by atoms with Crippen LogP contribution in [0.2, 0.25) is 0 Å². The van der Waals surface area contributed by atoms with Gasteiger partial charge in [-0.15, -0.1) is 0 Å². The smallest absolute Gasteiger partial charge is 0.254 e. The van der Waals surface area contributed by atoms with E-state index in [-0.39, 0.29) is 17.3 Å². The van der Waals surface area contributed by atoms with Gasteiger partial charge < -0.3 is 14.1 Å². The molecule has 3 rings (SSSR count). The predicted octanol–water partition coefficient (Wildman–Crippen LogP) is 3.38. The minimum atomic E-state index is -3.64. The second-order valence-corrected chi connectivity index (χ2v) is 8.92. The molecule has 0 fully saturated rings. The third kappa shape index (κ3) is 4.90. The van der Waals surface area contributed by atoms with E-state index in [1.165, 1.54) is 30.6 Å². The first kappa shape index (κ1) is 21.6. The quantitative estimate of drug-likeness (QED) is 0.550. The van der Waals surface area contributed by atoms with Gasteiger partial charge in [-0.3, -0.25) is 4.79 Å². The molecule has 0 N–H and O–H groups in total. The maximum Gasteiger partial charge on any atom is 0.254 e. The topological polar surface area (TPSA) is 80.1 Å². The van der Waals surface area contributed by atoms with Crippen molar-refractivity contribution in [2.24, 2.45) is 0 Å². The molecule has 3 aromatic rings. The molecular weight excluding hydrogens is 404 g/mol. The van der Waals surface area contributed by atoms with Gasteiger partial charge in [0.05, 0.1) is 24.8 Å². The summed E-state index contributed by atoms with van der Waals surface area (Å²) >= 11 is 0. The summed E-state index contributed by atoms with van der Waals surface area (Å²) in [5.41, 5.74) is 1.30. The number of furan rings is 1. The summed E-state index contributed by atoms with van der Waals surface area (Å²) in [4.78, 5) is 14.3. The first-order chi connectivity index (χ1) is 14.3. The predicted molar refractivity (Wildman–Crippen MR) is 113 cm³/mol. The van der Waals surface area contributed by atoms with Crippen LogP contribution in [0.25, 0.3) is 0 Å². The number of benzene rings is 2. The number of methoxy groups -OCH3 is 1. The third-order valence-electron chi connectivity index (χ3n) is 4.69. The van der Waals surface area contributed by atoms with Gasteiger partial charge in [0, 0.05) is 26.2 Å². The van der Waals surface area contributed by atoms with Crippen molar-refractivity contribution in [3.63, 3.8) is 0 Å². The summed E-state index contributed by atoms with van der Waals surface area (Å²) in [6.07, 6.45) is 1.57. The van der Waals surface area contributed by atoms with Crippen LogP contribution in [-0.4, -0.2) is 44.7 Å². The standard InChI is InChI=1S/C22H24N2O5S/c1-23(16-20-5-4-14-29-20)22(25)18-8-6-17(7-9-18)15-24(2)30(26,27)21-12-10-19(28-3)11-13-21/h4-14H,15-16H2,1-3H3. The van der Waals surface area contributed by atoms with Crippen molar-refractivity contribution in [2.45, 2.75) is 18.0 Å². The Kier molecular flexibility index (Phi) is 6.59. The molecule has 0 radical (unpaired) electrons. The molecule has 0 bridgehead atoms.